The van der Waals surface area contributed by atoms with Crippen LogP contribution in [0.1, 0.15) is 10.4 Å². The number of imidazole rings is 1. The molecule has 0 unspecified atom stereocenters. The van der Waals surface area contributed by atoms with E-state index in [1.165, 1.54) is 0 Å². The summed E-state index contributed by atoms with van der Waals surface area (Å²) in [7, 11) is 0. The molecule has 3 aromatic rings. The highest BCUT2D eigenvalue weighted by Crippen LogP contribution is 2.18. The van der Waals surface area contributed by atoms with E-state index < -0.39 is 0 Å². The highest BCUT2D eigenvalue weighted by atomic mass is 16.1. The van der Waals surface area contributed by atoms with Gasteiger partial charge >= 0.3 is 0 Å². The fourth-order valence-corrected chi connectivity index (χ4v) is 1.78. The van der Waals surface area contributed by atoms with Gasteiger partial charge < -0.3 is 4.40 Å². The Morgan fingerprint density at radius 1 is 1.24 bits per heavy atom. The van der Waals surface area contributed by atoms with Gasteiger partial charge in [0.2, 0.25) is 0 Å². The van der Waals surface area contributed by atoms with Crippen LogP contribution < -0.4 is 0 Å². The maximum absolute atomic E-state index is 10.9. The maximum atomic E-state index is 10.9. The molecule has 3 aromatic heterocycles. The molecule has 3 rings (SSSR count). The molecule has 0 amide bonds. The number of fused-ring (bicyclic) bond motifs is 1. The summed E-state index contributed by atoms with van der Waals surface area (Å²) in [4.78, 5) is 19.4. The first-order chi connectivity index (χ1) is 8.38. The van der Waals surface area contributed by atoms with Gasteiger partial charge in [-0.1, -0.05) is 0 Å². The number of pyridine rings is 2. The summed E-state index contributed by atoms with van der Waals surface area (Å²) >= 11 is 0. The van der Waals surface area contributed by atoms with Gasteiger partial charge in [0.25, 0.3) is 0 Å². The average Bonchev–Trinajstić information content (AvgIpc) is 2.83. The van der Waals surface area contributed by atoms with Crippen LogP contribution in [-0.4, -0.2) is 20.7 Å². The number of nitrogens with zero attached hydrogens (tertiary/aromatic N) is 3. The fraction of sp³-hybridized carbons (Fsp3) is 0. The number of hydrogen-bond acceptors (Lipinski definition) is 3. The average molecular weight is 223 g/mol. The molecular formula is C13H9N3O. The van der Waals surface area contributed by atoms with Crippen molar-refractivity contribution < 1.29 is 4.79 Å². The Morgan fingerprint density at radius 2 is 2.18 bits per heavy atom. The van der Waals surface area contributed by atoms with E-state index in [0.29, 0.717) is 11.2 Å². The number of carbonyl (C=O) groups is 1. The Labute approximate surface area is 97.6 Å². The standard InChI is InChI=1S/C13H9N3O/c17-9-11-4-2-6-16-8-12(15-13(11)16)10-3-1-5-14-7-10/h1-9H. The SMILES string of the molecule is O=Cc1cccn2cc(-c3cccnc3)nc12. The number of rotatable bonds is 2. The maximum Gasteiger partial charge on any atom is 0.153 e. The van der Waals surface area contributed by atoms with E-state index in [1.807, 2.05) is 35.0 Å². The predicted octanol–water partition coefficient (Wildman–Crippen LogP) is 2.21. The summed E-state index contributed by atoms with van der Waals surface area (Å²) in [6, 6.07) is 7.38. The minimum absolute atomic E-state index is 0.586. The van der Waals surface area contributed by atoms with Gasteiger partial charge in [-0.3, -0.25) is 9.78 Å². The van der Waals surface area contributed by atoms with Crippen LogP contribution >= 0.6 is 0 Å². The molecule has 3 heterocycles. The van der Waals surface area contributed by atoms with Gasteiger partial charge in [-0.25, -0.2) is 4.98 Å². The summed E-state index contributed by atoms with van der Waals surface area (Å²) < 4.78 is 1.84. The van der Waals surface area contributed by atoms with E-state index in [1.54, 1.807) is 18.5 Å². The zero-order valence-corrected chi connectivity index (χ0v) is 8.95. The van der Waals surface area contributed by atoms with E-state index in [9.17, 15) is 4.79 Å². The minimum Gasteiger partial charge on any atom is -0.306 e. The van der Waals surface area contributed by atoms with Crippen molar-refractivity contribution in [1.29, 1.82) is 0 Å². The third-order valence-electron chi connectivity index (χ3n) is 2.60. The summed E-state index contributed by atoms with van der Waals surface area (Å²) in [5.41, 5.74) is 3.00. The third-order valence-corrected chi connectivity index (χ3v) is 2.60. The Bertz CT molecular complexity index is 673. The molecule has 0 spiro atoms. The van der Waals surface area contributed by atoms with Gasteiger partial charge in [-0.2, -0.15) is 0 Å². The van der Waals surface area contributed by atoms with Gasteiger partial charge in [0, 0.05) is 30.4 Å². The summed E-state index contributed by atoms with van der Waals surface area (Å²) in [6.45, 7) is 0. The lowest BCUT2D eigenvalue weighted by atomic mass is 10.2. The van der Waals surface area contributed by atoms with Crippen molar-refractivity contribution in [3.8, 4) is 11.3 Å². The van der Waals surface area contributed by atoms with Crippen LogP contribution in [0, 0.1) is 0 Å². The molecule has 0 radical (unpaired) electrons. The van der Waals surface area contributed by atoms with Crippen LogP contribution in [0.25, 0.3) is 16.9 Å². The molecule has 4 heteroatoms. The summed E-state index contributed by atoms with van der Waals surface area (Å²) in [5, 5.41) is 0. The molecule has 0 aliphatic heterocycles. The lowest BCUT2D eigenvalue weighted by molar-refractivity contribution is 0.112. The molecule has 4 nitrogen and oxygen atoms in total. The van der Waals surface area contributed by atoms with Gasteiger partial charge in [-0.05, 0) is 24.3 Å². The second kappa shape index (κ2) is 3.83. The number of carbonyl (C=O) groups excluding carboxylic acids is 1. The van der Waals surface area contributed by atoms with E-state index in [4.69, 9.17) is 0 Å². The molecule has 0 aliphatic carbocycles. The molecule has 0 atom stereocenters. The second-order valence-electron chi connectivity index (χ2n) is 3.68. The summed E-state index contributed by atoms with van der Waals surface area (Å²) in [5.74, 6) is 0. The second-order valence-corrected chi connectivity index (χ2v) is 3.68. The molecule has 0 saturated carbocycles. The van der Waals surface area contributed by atoms with Gasteiger partial charge in [0.1, 0.15) is 5.65 Å². The van der Waals surface area contributed by atoms with Crippen molar-refractivity contribution in [3.05, 3.63) is 54.6 Å². The highest BCUT2D eigenvalue weighted by Gasteiger charge is 2.06. The molecule has 0 aliphatic rings. The minimum atomic E-state index is 0.586. The quantitative estimate of drug-likeness (QED) is 0.626. The van der Waals surface area contributed by atoms with Crippen LogP contribution in [-0.2, 0) is 0 Å². The van der Waals surface area contributed by atoms with Crippen molar-refractivity contribution in [2.24, 2.45) is 0 Å². The first kappa shape index (κ1) is 9.72. The largest absolute Gasteiger partial charge is 0.306 e. The van der Waals surface area contributed by atoms with Gasteiger partial charge in [0.15, 0.2) is 6.29 Å². The molecule has 0 fully saturated rings. The van der Waals surface area contributed by atoms with Crippen LogP contribution in [0.4, 0.5) is 0 Å². The van der Waals surface area contributed by atoms with Crippen molar-refractivity contribution in [3.63, 3.8) is 0 Å². The Kier molecular flexibility index (Phi) is 2.19. The molecule has 82 valence electrons. The van der Waals surface area contributed by atoms with Crippen LogP contribution in [0.2, 0.25) is 0 Å². The molecule has 0 saturated heterocycles. The van der Waals surface area contributed by atoms with Crippen molar-refractivity contribution in [2.75, 3.05) is 0 Å². The fourth-order valence-electron chi connectivity index (χ4n) is 1.78. The molecule has 0 N–H and O–H groups in total. The van der Waals surface area contributed by atoms with Gasteiger partial charge in [0.05, 0.1) is 11.3 Å². The Morgan fingerprint density at radius 3 is 2.94 bits per heavy atom. The molecule has 0 bridgehead atoms. The molecular weight excluding hydrogens is 214 g/mol. The molecule has 0 aromatic carbocycles. The van der Waals surface area contributed by atoms with E-state index >= 15 is 0 Å². The van der Waals surface area contributed by atoms with Crippen LogP contribution in [0.15, 0.2) is 49.1 Å². The van der Waals surface area contributed by atoms with Crippen molar-refractivity contribution in [1.82, 2.24) is 14.4 Å². The van der Waals surface area contributed by atoms with E-state index in [0.717, 1.165) is 17.5 Å². The smallest absolute Gasteiger partial charge is 0.153 e. The monoisotopic (exact) mass is 223 g/mol. The summed E-state index contributed by atoms with van der Waals surface area (Å²) in [6.07, 6.45) is 8.04. The van der Waals surface area contributed by atoms with Crippen LogP contribution in [0.3, 0.4) is 0 Å². The van der Waals surface area contributed by atoms with Crippen LogP contribution in [0.5, 0.6) is 0 Å². The van der Waals surface area contributed by atoms with Crippen molar-refractivity contribution >= 4 is 11.9 Å². The zero-order chi connectivity index (χ0) is 11.7. The third kappa shape index (κ3) is 1.59. The van der Waals surface area contributed by atoms with Crippen molar-refractivity contribution in [2.45, 2.75) is 0 Å². The Hall–Kier alpha value is -2.49. The Balaban J connectivity index is 2.24. The highest BCUT2D eigenvalue weighted by molar-refractivity contribution is 5.85. The normalized spacial score (nSPS) is 10.6. The van der Waals surface area contributed by atoms with E-state index in [-0.39, 0.29) is 0 Å². The first-order valence-corrected chi connectivity index (χ1v) is 5.22. The number of hydrogen-bond donors (Lipinski definition) is 0. The van der Waals surface area contributed by atoms with Gasteiger partial charge in [-0.15, -0.1) is 0 Å². The molecule has 17 heavy (non-hydrogen) atoms. The lowest BCUT2D eigenvalue weighted by Gasteiger charge is -1.93. The first-order valence-electron chi connectivity index (χ1n) is 5.22. The topological polar surface area (TPSA) is 47.3 Å². The predicted molar refractivity (Wildman–Crippen MR) is 63.8 cm³/mol. The lowest BCUT2D eigenvalue weighted by Crippen LogP contribution is -1.88. The number of aldehydes is 1. The zero-order valence-electron chi connectivity index (χ0n) is 8.95. The number of aromatic nitrogens is 3. The van der Waals surface area contributed by atoms with E-state index in [2.05, 4.69) is 9.97 Å².